The number of fused-ring (bicyclic) bond motifs is 1. The number of carbonyl (C=O) groups excluding carboxylic acids is 2. The fourth-order valence-corrected chi connectivity index (χ4v) is 5.22. The Bertz CT molecular complexity index is 1250. The lowest BCUT2D eigenvalue weighted by Gasteiger charge is -2.27. The van der Waals surface area contributed by atoms with Gasteiger partial charge in [0.05, 0.1) is 24.8 Å². The molecule has 2 aromatic rings. The van der Waals surface area contributed by atoms with Gasteiger partial charge in [-0.1, -0.05) is 33.3 Å². The maximum atomic E-state index is 13.5. The fraction of sp³-hybridized carbons (Fsp3) is 0.500. The molecule has 0 aliphatic carbocycles. The first-order valence-corrected chi connectivity index (χ1v) is 14.7. The normalized spacial score (nSPS) is 17.8. The third-order valence-electron chi connectivity index (χ3n) is 7.46. The van der Waals surface area contributed by atoms with Crippen molar-refractivity contribution in [2.75, 3.05) is 52.6 Å². The van der Waals surface area contributed by atoms with Crippen LogP contribution < -0.4 is 18.9 Å². The smallest absolute Gasteiger partial charge is 0.295 e. The molecule has 0 unspecified atom stereocenters. The molecule has 9 nitrogen and oxygen atoms in total. The van der Waals surface area contributed by atoms with Crippen LogP contribution in [0.15, 0.2) is 42.0 Å². The Labute approximate surface area is 242 Å². The first-order valence-electron chi connectivity index (χ1n) is 14.7. The molecule has 2 aromatic carbocycles. The van der Waals surface area contributed by atoms with Crippen molar-refractivity contribution in [3.63, 3.8) is 0 Å². The Morgan fingerprint density at radius 2 is 1.71 bits per heavy atom. The minimum Gasteiger partial charge on any atom is -0.507 e. The summed E-state index contributed by atoms with van der Waals surface area (Å²) >= 11 is 0. The van der Waals surface area contributed by atoms with E-state index in [9.17, 15) is 14.7 Å². The number of Topliss-reactive ketones (excluding diaryl/α,β-unsaturated/α-hetero) is 1. The van der Waals surface area contributed by atoms with Gasteiger partial charge in [-0.3, -0.25) is 9.59 Å². The highest BCUT2D eigenvalue weighted by molar-refractivity contribution is 6.46. The molecule has 0 aromatic heterocycles. The average molecular weight is 567 g/mol. The van der Waals surface area contributed by atoms with Gasteiger partial charge in [-0.05, 0) is 75.3 Å². The second-order valence-electron chi connectivity index (χ2n) is 10.1. The van der Waals surface area contributed by atoms with Crippen LogP contribution in [-0.2, 0) is 9.59 Å². The molecular formula is C32H42N2O7. The third kappa shape index (κ3) is 6.78. The number of aliphatic hydroxyl groups excluding tert-OH is 1. The molecule has 0 bridgehead atoms. The predicted octanol–water partition coefficient (Wildman–Crippen LogP) is 5.19. The second kappa shape index (κ2) is 14.3. The maximum Gasteiger partial charge on any atom is 0.295 e. The van der Waals surface area contributed by atoms with Gasteiger partial charge in [-0.2, -0.15) is 0 Å². The van der Waals surface area contributed by atoms with Crippen LogP contribution in [-0.4, -0.2) is 79.2 Å². The van der Waals surface area contributed by atoms with Crippen molar-refractivity contribution < 1.29 is 33.6 Å². The van der Waals surface area contributed by atoms with Crippen molar-refractivity contribution >= 4 is 17.4 Å². The molecule has 1 amide bonds. The molecule has 1 N–H and O–H groups in total. The Kier molecular flexibility index (Phi) is 10.5. The van der Waals surface area contributed by atoms with Crippen molar-refractivity contribution in [2.24, 2.45) is 0 Å². The van der Waals surface area contributed by atoms with E-state index in [1.807, 2.05) is 25.1 Å². The van der Waals surface area contributed by atoms with Gasteiger partial charge in [0.2, 0.25) is 0 Å². The zero-order valence-corrected chi connectivity index (χ0v) is 24.6. The molecule has 41 heavy (non-hydrogen) atoms. The second-order valence-corrected chi connectivity index (χ2v) is 10.1. The van der Waals surface area contributed by atoms with Gasteiger partial charge in [0.1, 0.15) is 19.0 Å². The van der Waals surface area contributed by atoms with Crippen molar-refractivity contribution in [3.8, 4) is 23.0 Å². The van der Waals surface area contributed by atoms with Crippen LogP contribution in [0, 0.1) is 0 Å². The zero-order chi connectivity index (χ0) is 29.4. The topological polar surface area (TPSA) is 97.8 Å². The molecule has 222 valence electrons. The van der Waals surface area contributed by atoms with Gasteiger partial charge in [-0.15, -0.1) is 0 Å². The SMILES string of the molecule is CCCCOc1ccc([C@@H]2/C(=C(\O)c3ccc4c(c3)OCCO4)C(=O)C(=O)N2CCCN(CC)CC)cc1OCC. The van der Waals surface area contributed by atoms with Crippen LogP contribution in [0.25, 0.3) is 5.76 Å². The maximum absolute atomic E-state index is 13.5. The molecule has 2 heterocycles. The number of benzene rings is 2. The minimum absolute atomic E-state index is 0.0385. The van der Waals surface area contributed by atoms with Gasteiger partial charge in [0.15, 0.2) is 23.0 Å². The summed E-state index contributed by atoms with van der Waals surface area (Å²) in [4.78, 5) is 30.8. The Morgan fingerprint density at radius 1 is 0.951 bits per heavy atom. The number of hydrogen-bond donors (Lipinski definition) is 1. The molecule has 9 heteroatoms. The van der Waals surface area contributed by atoms with Gasteiger partial charge in [-0.25, -0.2) is 0 Å². The van der Waals surface area contributed by atoms with Crippen molar-refractivity contribution in [2.45, 2.75) is 53.0 Å². The number of unbranched alkanes of at least 4 members (excludes halogenated alkanes) is 1. The molecular weight excluding hydrogens is 524 g/mol. The molecule has 0 saturated carbocycles. The van der Waals surface area contributed by atoms with E-state index in [0.29, 0.717) is 73.5 Å². The highest BCUT2D eigenvalue weighted by Gasteiger charge is 2.46. The summed E-state index contributed by atoms with van der Waals surface area (Å²) in [5.41, 5.74) is 1.08. The summed E-state index contributed by atoms with van der Waals surface area (Å²) in [7, 11) is 0. The number of aliphatic hydroxyl groups is 1. The summed E-state index contributed by atoms with van der Waals surface area (Å²) in [6, 6.07) is 9.70. The lowest BCUT2D eigenvalue weighted by atomic mass is 9.94. The van der Waals surface area contributed by atoms with Crippen LogP contribution in [0.5, 0.6) is 23.0 Å². The number of ether oxygens (including phenoxy) is 4. The first-order chi connectivity index (χ1) is 19.9. The third-order valence-corrected chi connectivity index (χ3v) is 7.46. The van der Waals surface area contributed by atoms with Crippen LogP contribution in [0.2, 0.25) is 0 Å². The summed E-state index contributed by atoms with van der Waals surface area (Å²) in [6.07, 6.45) is 2.60. The molecule has 0 spiro atoms. The van der Waals surface area contributed by atoms with Gasteiger partial charge >= 0.3 is 0 Å². The van der Waals surface area contributed by atoms with E-state index >= 15 is 0 Å². The molecule has 1 saturated heterocycles. The summed E-state index contributed by atoms with van der Waals surface area (Å²) < 4.78 is 23.2. The van der Waals surface area contributed by atoms with Crippen molar-refractivity contribution in [1.29, 1.82) is 0 Å². The van der Waals surface area contributed by atoms with E-state index in [1.165, 1.54) is 0 Å². The van der Waals surface area contributed by atoms with E-state index < -0.39 is 17.7 Å². The van der Waals surface area contributed by atoms with Gasteiger partial charge < -0.3 is 33.9 Å². The predicted molar refractivity (Wildman–Crippen MR) is 157 cm³/mol. The molecule has 1 atom stereocenters. The molecule has 2 aliphatic rings. The van der Waals surface area contributed by atoms with Gasteiger partial charge in [0, 0.05) is 12.1 Å². The Hall–Kier alpha value is -3.72. The number of hydrogen-bond acceptors (Lipinski definition) is 8. The number of nitrogens with zero attached hydrogens (tertiary/aromatic N) is 2. The highest BCUT2D eigenvalue weighted by Crippen LogP contribution is 2.43. The molecule has 1 fully saturated rings. The van der Waals surface area contributed by atoms with E-state index in [4.69, 9.17) is 18.9 Å². The quantitative estimate of drug-likeness (QED) is 0.144. The van der Waals surface area contributed by atoms with E-state index in [2.05, 4.69) is 25.7 Å². The summed E-state index contributed by atoms with van der Waals surface area (Å²) in [5, 5.41) is 11.5. The number of ketones is 1. The molecule has 0 radical (unpaired) electrons. The average Bonchev–Trinajstić information content (AvgIpc) is 3.24. The highest BCUT2D eigenvalue weighted by atomic mass is 16.6. The monoisotopic (exact) mass is 566 g/mol. The lowest BCUT2D eigenvalue weighted by molar-refractivity contribution is -0.140. The molecule has 4 rings (SSSR count). The zero-order valence-electron chi connectivity index (χ0n) is 24.6. The van der Waals surface area contributed by atoms with Crippen LogP contribution >= 0.6 is 0 Å². The number of carbonyl (C=O) groups is 2. The van der Waals surface area contributed by atoms with Crippen LogP contribution in [0.3, 0.4) is 0 Å². The van der Waals surface area contributed by atoms with Crippen LogP contribution in [0.4, 0.5) is 0 Å². The number of likely N-dealkylation sites (tertiary alicyclic amines) is 1. The minimum atomic E-state index is -0.788. The number of amides is 1. The Morgan fingerprint density at radius 3 is 2.41 bits per heavy atom. The summed E-state index contributed by atoms with van der Waals surface area (Å²) in [6.45, 7) is 13.0. The van der Waals surface area contributed by atoms with Gasteiger partial charge in [0.25, 0.3) is 11.7 Å². The van der Waals surface area contributed by atoms with E-state index in [1.54, 1.807) is 23.1 Å². The fourth-order valence-electron chi connectivity index (χ4n) is 5.22. The van der Waals surface area contributed by atoms with E-state index in [0.717, 1.165) is 32.5 Å². The van der Waals surface area contributed by atoms with E-state index in [-0.39, 0.29) is 11.3 Å². The largest absolute Gasteiger partial charge is 0.507 e. The van der Waals surface area contributed by atoms with Crippen molar-refractivity contribution in [3.05, 3.63) is 53.1 Å². The van der Waals surface area contributed by atoms with Crippen LogP contribution in [0.1, 0.15) is 64.1 Å². The number of rotatable bonds is 14. The van der Waals surface area contributed by atoms with Crippen molar-refractivity contribution in [1.82, 2.24) is 9.80 Å². The first kappa shape index (κ1) is 30.2. The summed E-state index contributed by atoms with van der Waals surface area (Å²) in [5.74, 6) is 0.599. The lowest BCUT2D eigenvalue weighted by Crippen LogP contribution is -2.33. The Balaban J connectivity index is 1.76. The molecule has 2 aliphatic heterocycles. The standard InChI is InChI=1S/C32H42N2O7/c1-5-9-17-39-24-13-11-22(20-26(24)38-8-4)29-28(30(35)23-12-14-25-27(21-23)41-19-18-40-25)31(36)32(37)34(29)16-10-15-33(6-2)7-3/h11-14,20-21,29,35H,5-10,15-19H2,1-4H3/b30-28+/t29-/m1/s1.